The standard InChI is InChI=1S/C24H36N4O5/c1-7-15(6)19(21(29)26-17(23(31)32)12-13(2)3)27-24(33)28-18-11-9-8-10-16(18)25-22(30)20(28)14(4)5/h8-11,13-15,17,19-20H,7,12H2,1-6H3,(H,25,30)(H,26,29)(H,27,33)(H,31,32)/t15-,17-,19-,20+/m0/s1. The van der Waals surface area contributed by atoms with Crippen molar-refractivity contribution in [3.05, 3.63) is 24.3 Å². The summed E-state index contributed by atoms with van der Waals surface area (Å²) in [5.74, 6) is -2.34. The molecule has 1 aliphatic heterocycles. The van der Waals surface area contributed by atoms with Crippen molar-refractivity contribution in [3.63, 3.8) is 0 Å². The van der Waals surface area contributed by atoms with Crippen molar-refractivity contribution in [3.8, 4) is 0 Å². The molecule has 4 atom stereocenters. The maximum atomic E-state index is 13.5. The van der Waals surface area contributed by atoms with Crippen LogP contribution in [-0.4, -0.2) is 47.0 Å². The first kappa shape index (κ1) is 26.2. The van der Waals surface area contributed by atoms with E-state index < -0.39 is 36.0 Å². The van der Waals surface area contributed by atoms with E-state index in [2.05, 4.69) is 16.0 Å². The quantitative estimate of drug-likeness (QED) is 0.450. The second kappa shape index (κ2) is 11.2. The lowest BCUT2D eigenvalue weighted by Crippen LogP contribution is -2.61. The Morgan fingerprint density at radius 3 is 2.27 bits per heavy atom. The zero-order valence-electron chi connectivity index (χ0n) is 20.2. The zero-order chi connectivity index (χ0) is 24.9. The first-order valence-electron chi connectivity index (χ1n) is 11.5. The molecule has 9 heteroatoms. The summed E-state index contributed by atoms with van der Waals surface area (Å²) in [5, 5.41) is 17.7. The van der Waals surface area contributed by atoms with Crippen LogP contribution in [0, 0.1) is 17.8 Å². The number of hydrogen-bond donors (Lipinski definition) is 4. The number of amides is 4. The monoisotopic (exact) mass is 460 g/mol. The highest BCUT2D eigenvalue weighted by atomic mass is 16.4. The molecule has 182 valence electrons. The number of carbonyl (C=O) groups is 4. The number of rotatable bonds is 9. The van der Waals surface area contributed by atoms with Crippen molar-refractivity contribution in [2.75, 3.05) is 10.2 Å². The molecule has 0 saturated carbocycles. The Morgan fingerprint density at radius 1 is 1.09 bits per heavy atom. The van der Waals surface area contributed by atoms with Crippen LogP contribution in [0.2, 0.25) is 0 Å². The third-order valence-corrected chi connectivity index (χ3v) is 5.91. The largest absolute Gasteiger partial charge is 0.480 e. The number of hydrogen-bond acceptors (Lipinski definition) is 4. The Kier molecular flexibility index (Phi) is 8.84. The molecule has 0 bridgehead atoms. The number of nitrogens with one attached hydrogen (secondary N) is 3. The molecule has 0 radical (unpaired) electrons. The Hall–Kier alpha value is -3.10. The molecule has 9 nitrogen and oxygen atoms in total. The number of benzene rings is 1. The van der Waals surface area contributed by atoms with Gasteiger partial charge in [0.15, 0.2) is 0 Å². The first-order valence-corrected chi connectivity index (χ1v) is 11.5. The number of carboxylic acid groups (broad SMARTS) is 1. The summed E-state index contributed by atoms with van der Waals surface area (Å²) < 4.78 is 0. The Labute approximate surface area is 195 Å². The highest BCUT2D eigenvalue weighted by molar-refractivity contribution is 6.12. The van der Waals surface area contributed by atoms with Crippen LogP contribution in [0.1, 0.15) is 54.4 Å². The predicted molar refractivity (Wildman–Crippen MR) is 127 cm³/mol. The van der Waals surface area contributed by atoms with Crippen LogP contribution in [-0.2, 0) is 14.4 Å². The maximum Gasteiger partial charge on any atom is 0.326 e. The SMILES string of the molecule is CC[C@H](C)[C@H](NC(=O)N1c2ccccc2NC(=O)[C@H]1C(C)C)C(=O)N[C@@H](CC(C)C)C(=O)O. The van der Waals surface area contributed by atoms with Crippen molar-refractivity contribution in [1.82, 2.24) is 10.6 Å². The van der Waals surface area contributed by atoms with Crippen LogP contribution in [0.4, 0.5) is 16.2 Å². The van der Waals surface area contributed by atoms with Gasteiger partial charge in [-0.05, 0) is 36.3 Å². The highest BCUT2D eigenvalue weighted by Gasteiger charge is 2.40. The highest BCUT2D eigenvalue weighted by Crippen LogP contribution is 2.34. The molecule has 2 rings (SSSR count). The minimum atomic E-state index is -1.12. The number of nitrogens with zero attached hydrogens (tertiary/aromatic N) is 1. The van der Waals surface area contributed by atoms with E-state index in [1.165, 1.54) is 4.90 Å². The van der Waals surface area contributed by atoms with E-state index in [1.807, 2.05) is 41.5 Å². The van der Waals surface area contributed by atoms with Crippen LogP contribution in [0.25, 0.3) is 0 Å². The van der Waals surface area contributed by atoms with E-state index in [1.54, 1.807) is 24.3 Å². The van der Waals surface area contributed by atoms with Crippen molar-refractivity contribution >= 4 is 35.2 Å². The predicted octanol–water partition coefficient (Wildman–Crippen LogP) is 3.21. The number of carboxylic acids is 1. The minimum absolute atomic E-state index is 0.0678. The zero-order valence-corrected chi connectivity index (χ0v) is 20.2. The van der Waals surface area contributed by atoms with Gasteiger partial charge in [0, 0.05) is 0 Å². The van der Waals surface area contributed by atoms with Crippen LogP contribution >= 0.6 is 0 Å². The number of urea groups is 1. The van der Waals surface area contributed by atoms with Gasteiger partial charge in [-0.15, -0.1) is 0 Å². The van der Waals surface area contributed by atoms with Crippen molar-refractivity contribution < 1.29 is 24.3 Å². The molecule has 0 aromatic heterocycles. The summed E-state index contributed by atoms with van der Waals surface area (Å²) in [4.78, 5) is 52.4. The molecule has 1 heterocycles. The maximum absolute atomic E-state index is 13.5. The van der Waals surface area contributed by atoms with Crippen LogP contribution in [0.5, 0.6) is 0 Å². The number of fused-ring (bicyclic) bond motifs is 1. The molecule has 0 fully saturated rings. The van der Waals surface area contributed by atoms with Crippen molar-refractivity contribution in [2.45, 2.75) is 72.5 Å². The van der Waals surface area contributed by atoms with Gasteiger partial charge in [-0.2, -0.15) is 0 Å². The first-order chi connectivity index (χ1) is 15.5. The van der Waals surface area contributed by atoms with Gasteiger partial charge in [-0.3, -0.25) is 14.5 Å². The van der Waals surface area contributed by atoms with E-state index in [0.29, 0.717) is 17.8 Å². The van der Waals surface area contributed by atoms with Crippen LogP contribution in [0.15, 0.2) is 24.3 Å². The lowest BCUT2D eigenvalue weighted by molar-refractivity contribution is -0.142. The molecule has 0 aliphatic carbocycles. The normalized spacial score (nSPS) is 18.2. The van der Waals surface area contributed by atoms with Crippen LogP contribution in [0.3, 0.4) is 0 Å². The molecule has 0 saturated heterocycles. The van der Waals surface area contributed by atoms with Crippen LogP contribution < -0.4 is 20.9 Å². The summed E-state index contributed by atoms with van der Waals surface area (Å²) in [6.07, 6.45) is 0.863. The number of aliphatic carboxylic acids is 1. The minimum Gasteiger partial charge on any atom is -0.480 e. The Morgan fingerprint density at radius 2 is 1.73 bits per heavy atom. The van der Waals surface area contributed by atoms with Crippen molar-refractivity contribution in [2.24, 2.45) is 17.8 Å². The van der Waals surface area contributed by atoms with E-state index in [0.717, 1.165) is 0 Å². The molecule has 0 spiro atoms. The molecule has 4 N–H and O–H groups in total. The average molecular weight is 461 g/mol. The molecule has 1 aliphatic rings. The fourth-order valence-electron chi connectivity index (χ4n) is 3.96. The van der Waals surface area contributed by atoms with Gasteiger partial charge in [-0.1, -0.05) is 60.1 Å². The second-order valence-corrected chi connectivity index (χ2v) is 9.41. The van der Waals surface area contributed by atoms with Gasteiger partial charge in [0.05, 0.1) is 11.4 Å². The smallest absolute Gasteiger partial charge is 0.326 e. The van der Waals surface area contributed by atoms with Gasteiger partial charge in [0.1, 0.15) is 18.1 Å². The third-order valence-electron chi connectivity index (χ3n) is 5.91. The fourth-order valence-corrected chi connectivity index (χ4v) is 3.96. The summed E-state index contributed by atoms with van der Waals surface area (Å²) >= 11 is 0. The van der Waals surface area contributed by atoms with Gasteiger partial charge >= 0.3 is 12.0 Å². The van der Waals surface area contributed by atoms with E-state index in [-0.39, 0.29) is 30.1 Å². The van der Waals surface area contributed by atoms with E-state index in [9.17, 15) is 24.3 Å². The Balaban J connectivity index is 2.34. The lowest BCUT2D eigenvalue weighted by atomic mass is 9.96. The molecular weight excluding hydrogens is 424 g/mol. The fraction of sp³-hybridized carbons (Fsp3) is 0.583. The average Bonchev–Trinajstić information content (AvgIpc) is 2.74. The number of carbonyl (C=O) groups excluding carboxylic acids is 3. The van der Waals surface area contributed by atoms with Gasteiger partial charge in [0.25, 0.3) is 0 Å². The lowest BCUT2D eigenvalue weighted by Gasteiger charge is -2.39. The van der Waals surface area contributed by atoms with Gasteiger partial charge in [0.2, 0.25) is 11.8 Å². The van der Waals surface area contributed by atoms with Gasteiger partial charge in [-0.25, -0.2) is 9.59 Å². The molecule has 1 aromatic rings. The molecule has 1 aromatic carbocycles. The number of para-hydroxylation sites is 2. The summed E-state index contributed by atoms with van der Waals surface area (Å²) in [7, 11) is 0. The van der Waals surface area contributed by atoms with Gasteiger partial charge < -0.3 is 21.1 Å². The van der Waals surface area contributed by atoms with E-state index in [4.69, 9.17) is 0 Å². The second-order valence-electron chi connectivity index (χ2n) is 9.41. The molecule has 33 heavy (non-hydrogen) atoms. The summed E-state index contributed by atoms with van der Waals surface area (Å²) in [6.45, 7) is 11.2. The summed E-state index contributed by atoms with van der Waals surface area (Å²) in [5.41, 5.74) is 1.06. The van der Waals surface area contributed by atoms with Crippen molar-refractivity contribution in [1.29, 1.82) is 0 Å². The topological polar surface area (TPSA) is 128 Å². The van der Waals surface area contributed by atoms with E-state index >= 15 is 0 Å². The number of anilines is 2. The molecule has 4 amide bonds. The summed E-state index contributed by atoms with van der Waals surface area (Å²) in [6, 6.07) is 3.65. The molecule has 0 unspecified atom stereocenters. The molecular formula is C24H36N4O5. The third kappa shape index (κ3) is 6.24. The Bertz CT molecular complexity index is 885.